The van der Waals surface area contributed by atoms with E-state index in [1.807, 2.05) is 30.3 Å². The Morgan fingerprint density at radius 1 is 1.30 bits per heavy atom. The number of benzene rings is 1. The van der Waals surface area contributed by atoms with E-state index in [4.69, 9.17) is 9.84 Å². The molecular formula is C15H19NO4. The number of carbonyl (C=O) groups excluding carboxylic acids is 1. The zero-order valence-electron chi connectivity index (χ0n) is 11.2. The number of carboxylic acids is 1. The van der Waals surface area contributed by atoms with E-state index in [2.05, 4.69) is 5.32 Å². The Morgan fingerprint density at radius 3 is 2.55 bits per heavy atom. The summed E-state index contributed by atoms with van der Waals surface area (Å²) in [6, 6.07) is 8.42. The van der Waals surface area contributed by atoms with E-state index in [0.29, 0.717) is 12.3 Å². The van der Waals surface area contributed by atoms with Crippen LogP contribution in [0.2, 0.25) is 0 Å². The minimum atomic E-state index is -1.01. The van der Waals surface area contributed by atoms with Crippen molar-refractivity contribution in [2.24, 2.45) is 5.92 Å². The summed E-state index contributed by atoms with van der Waals surface area (Å²) in [5.74, 6) is -0.598. The van der Waals surface area contributed by atoms with Gasteiger partial charge >= 0.3 is 12.1 Å². The van der Waals surface area contributed by atoms with E-state index in [0.717, 1.165) is 24.8 Å². The van der Waals surface area contributed by atoms with E-state index in [9.17, 15) is 9.59 Å². The van der Waals surface area contributed by atoms with Crippen LogP contribution >= 0.6 is 0 Å². The molecule has 1 aliphatic rings. The maximum Gasteiger partial charge on any atom is 0.408 e. The van der Waals surface area contributed by atoms with Gasteiger partial charge in [0.15, 0.2) is 0 Å². The van der Waals surface area contributed by atoms with Crippen molar-refractivity contribution in [1.29, 1.82) is 0 Å². The first kappa shape index (κ1) is 14.4. The molecule has 1 aliphatic carbocycles. The minimum Gasteiger partial charge on any atom is -0.480 e. The lowest BCUT2D eigenvalue weighted by Crippen LogP contribution is -2.43. The maximum atomic E-state index is 11.6. The number of carbonyl (C=O) groups is 2. The van der Waals surface area contributed by atoms with Crippen LogP contribution in [0.1, 0.15) is 31.2 Å². The van der Waals surface area contributed by atoms with Gasteiger partial charge in [-0.25, -0.2) is 9.59 Å². The van der Waals surface area contributed by atoms with Crippen molar-refractivity contribution in [3.8, 4) is 0 Å². The average Bonchev–Trinajstić information content (AvgIpc) is 2.40. The molecule has 2 N–H and O–H groups in total. The van der Waals surface area contributed by atoms with Crippen molar-refractivity contribution < 1.29 is 19.4 Å². The lowest BCUT2D eigenvalue weighted by molar-refractivity contribution is -0.140. The van der Waals surface area contributed by atoms with Crippen LogP contribution in [0.3, 0.4) is 0 Å². The van der Waals surface area contributed by atoms with E-state index < -0.39 is 18.1 Å². The summed E-state index contributed by atoms with van der Waals surface area (Å²) in [5.41, 5.74) is 0.869. The molecule has 1 saturated carbocycles. The lowest BCUT2D eigenvalue weighted by Gasteiger charge is -2.28. The molecule has 1 atom stereocenters. The SMILES string of the molecule is O=C(N[C@H](CC1CCC1)C(=O)O)OCc1ccccc1. The molecule has 0 aromatic heterocycles. The molecule has 0 saturated heterocycles. The van der Waals surface area contributed by atoms with Crippen molar-refractivity contribution in [2.75, 3.05) is 0 Å². The second kappa shape index (κ2) is 6.93. The predicted octanol–water partition coefficient (Wildman–Crippen LogP) is 2.56. The van der Waals surface area contributed by atoms with Crippen LogP contribution in [-0.2, 0) is 16.1 Å². The molecule has 0 unspecified atom stereocenters. The van der Waals surface area contributed by atoms with Gasteiger partial charge in [-0.15, -0.1) is 0 Å². The van der Waals surface area contributed by atoms with Gasteiger partial charge in [-0.2, -0.15) is 0 Å². The Balaban J connectivity index is 1.77. The Labute approximate surface area is 117 Å². The molecule has 1 aromatic rings. The normalized spacial score (nSPS) is 16.0. The van der Waals surface area contributed by atoms with Crippen LogP contribution < -0.4 is 5.32 Å². The van der Waals surface area contributed by atoms with Gasteiger partial charge in [0.1, 0.15) is 12.6 Å². The molecule has 1 amide bonds. The van der Waals surface area contributed by atoms with E-state index in [1.165, 1.54) is 0 Å². The third-order valence-corrected chi connectivity index (χ3v) is 3.60. The van der Waals surface area contributed by atoms with Gasteiger partial charge in [0.2, 0.25) is 0 Å². The summed E-state index contributed by atoms with van der Waals surface area (Å²) in [5, 5.41) is 11.5. The molecule has 0 aliphatic heterocycles. The lowest BCUT2D eigenvalue weighted by atomic mass is 9.81. The van der Waals surface area contributed by atoms with Gasteiger partial charge in [0.25, 0.3) is 0 Å². The number of aliphatic carboxylic acids is 1. The minimum absolute atomic E-state index is 0.141. The summed E-state index contributed by atoms with van der Waals surface area (Å²) < 4.78 is 5.03. The molecule has 2 rings (SSSR count). The Hall–Kier alpha value is -2.04. The Morgan fingerprint density at radius 2 is 2.00 bits per heavy atom. The maximum absolute atomic E-state index is 11.6. The van der Waals surface area contributed by atoms with E-state index >= 15 is 0 Å². The fourth-order valence-corrected chi connectivity index (χ4v) is 2.19. The first-order valence-corrected chi connectivity index (χ1v) is 6.85. The highest BCUT2D eigenvalue weighted by Crippen LogP contribution is 2.30. The number of carboxylic acid groups (broad SMARTS) is 1. The first-order chi connectivity index (χ1) is 9.65. The molecule has 0 bridgehead atoms. The van der Waals surface area contributed by atoms with Crippen LogP contribution in [0.4, 0.5) is 4.79 Å². The van der Waals surface area contributed by atoms with Crippen molar-refractivity contribution in [3.63, 3.8) is 0 Å². The number of alkyl carbamates (subject to hydrolysis) is 1. The second-order valence-electron chi connectivity index (χ2n) is 5.13. The molecule has 1 aromatic carbocycles. The Kier molecular flexibility index (Phi) is 4.98. The van der Waals surface area contributed by atoms with E-state index in [-0.39, 0.29) is 6.61 Å². The smallest absolute Gasteiger partial charge is 0.408 e. The number of amides is 1. The average molecular weight is 277 g/mol. The molecule has 0 heterocycles. The second-order valence-corrected chi connectivity index (χ2v) is 5.13. The number of rotatable bonds is 6. The van der Waals surface area contributed by atoms with Gasteiger partial charge < -0.3 is 15.2 Å². The van der Waals surface area contributed by atoms with Crippen LogP contribution in [0.15, 0.2) is 30.3 Å². The number of nitrogens with one attached hydrogen (secondary N) is 1. The highest BCUT2D eigenvalue weighted by atomic mass is 16.5. The van der Waals surface area contributed by atoms with Gasteiger partial charge in [-0.05, 0) is 17.9 Å². The predicted molar refractivity (Wildman–Crippen MR) is 73.1 cm³/mol. The Bertz CT molecular complexity index is 456. The highest BCUT2D eigenvalue weighted by Gasteiger charge is 2.27. The van der Waals surface area contributed by atoms with Crippen LogP contribution in [-0.4, -0.2) is 23.2 Å². The molecule has 20 heavy (non-hydrogen) atoms. The van der Waals surface area contributed by atoms with Gasteiger partial charge in [-0.1, -0.05) is 49.6 Å². The van der Waals surface area contributed by atoms with Gasteiger partial charge in [0.05, 0.1) is 0 Å². The fourth-order valence-electron chi connectivity index (χ4n) is 2.19. The molecule has 5 heteroatoms. The third-order valence-electron chi connectivity index (χ3n) is 3.60. The molecule has 0 radical (unpaired) electrons. The third kappa shape index (κ3) is 4.26. The summed E-state index contributed by atoms with van der Waals surface area (Å²) in [4.78, 5) is 22.7. The first-order valence-electron chi connectivity index (χ1n) is 6.85. The largest absolute Gasteiger partial charge is 0.480 e. The van der Waals surface area contributed by atoms with Crippen LogP contribution in [0, 0.1) is 5.92 Å². The number of ether oxygens (including phenoxy) is 1. The monoisotopic (exact) mass is 277 g/mol. The fraction of sp³-hybridized carbons (Fsp3) is 0.467. The molecule has 0 spiro atoms. The van der Waals surface area contributed by atoms with Gasteiger partial charge in [-0.3, -0.25) is 0 Å². The quantitative estimate of drug-likeness (QED) is 0.838. The highest BCUT2D eigenvalue weighted by molar-refractivity contribution is 5.79. The van der Waals surface area contributed by atoms with Crippen LogP contribution in [0.25, 0.3) is 0 Å². The molecule has 108 valence electrons. The standard InChI is InChI=1S/C15H19NO4/c17-14(18)13(9-11-7-4-8-11)16-15(19)20-10-12-5-2-1-3-6-12/h1-3,5-6,11,13H,4,7-10H2,(H,16,19)(H,17,18)/t13-/m1/s1. The summed E-state index contributed by atoms with van der Waals surface area (Å²) in [7, 11) is 0. The van der Waals surface area contributed by atoms with Crippen LogP contribution in [0.5, 0.6) is 0 Å². The van der Waals surface area contributed by atoms with Crippen molar-refractivity contribution in [2.45, 2.75) is 38.3 Å². The van der Waals surface area contributed by atoms with E-state index in [1.54, 1.807) is 0 Å². The topological polar surface area (TPSA) is 75.6 Å². The summed E-state index contributed by atoms with van der Waals surface area (Å²) in [6.45, 7) is 0.141. The molecule has 5 nitrogen and oxygen atoms in total. The zero-order valence-corrected chi connectivity index (χ0v) is 11.2. The van der Waals surface area contributed by atoms with Crippen molar-refractivity contribution in [3.05, 3.63) is 35.9 Å². The van der Waals surface area contributed by atoms with Crippen molar-refractivity contribution in [1.82, 2.24) is 5.32 Å². The zero-order chi connectivity index (χ0) is 14.4. The van der Waals surface area contributed by atoms with Gasteiger partial charge in [0, 0.05) is 0 Å². The molecule has 1 fully saturated rings. The number of hydrogen-bond donors (Lipinski definition) is 2. The number of hydrogen-bond acceptors (Lipinski definition) is 3. The summed E-state index contributed by atoms with van der Waals surface area (Å²) in [6.07, 6.45) is 3.04. The summed E-state index contributed by atoms with van der Waals surface area (Å²) >= 11 is 0. The molecular weight excluding hydrogens is 258 g/mol. The van der Waals surface area contributed by atoms with Crippen molar-refractivity contribution >= 4 is 12.1 Å².